The topological polar surface area (TPSA) is 79.9 Å². The fourth-order valence-electron chi connectivity index (χ4n) is 2.16. The van der Waals surface area contributed by atoms with E-state index in [1.165, 1.54) is 19.2 Å². The Hall–Kier alpha value is -2.95. The highest BCUT2D eigenvalue weighted by Crippen LogP contribution is 2.35. The highest BCUT2D eigenvalue weighted by Gasteiger charge is 2.16. The summed E-state index contributed by atoms with van der Waals surface area (Å²) < 4.78 is 10.5. The number of fused-ring (bicyclic) bond motifs is 1. The molecular weight excluding hydrogens is 272 g/mol. The fourth-order valence-corrected chi connectivity index (χ4v) is 2.16. The number of phenols is 1. The van der Waals surface area contributed by atoms with Gasteiger partial charge in [-0.2, -0.15) is 0 Å². The van der Waals surface area contributed by atoms with Gasteiger partial charge in [0.25, 0.3) is 0 Å². The van der Waals surface area contributed by atoms with Crippen LogP contribution >= 0.6 is 0 Å². The Balaban J connectivity index is 2.28. The minimum Gasteiger partial charge on any atom is -0.504 e. The van der Waals surface area contributed by atoms with Gasteiger partial charge in [-0.25, -0.2) is 0 Å². The molecule has 1 aromatic heterocycles. The third-order valence-corrected chi connectivity index (χ3v) is 3.21. The van der Waals surface area contributed by atoms with Gasteiger partial charge in [-0.15, -0.1) is 0 Å². The first-order valence-corrected chi connectivity index (χ1v) is 6.24. The Kier molecular flexibility index (Phi) is 3.02. The monoisotopic (exact) mass is 284 g/mol. The second kappa shape index (κ2) is 4.86. The van der Waals surface area contributed by atoms with Crippen LogP contribution in [0.25, 0.3) is 22.3 Å². The number of phenolic OH excluding ortho intramolecular Hbond substituents is 1. The summed E-state index contributed by atoms with van der Waals surface area (Å²) in [6.07, 6.45) is 0. The zero-order valence-electron chi connectivity index (χ0n) is 11.2. The summed E-state index contributed by atoms with van der Waals surface area (Å²) in [6, 6.07) is 11.1. The largest absolute Gasteiger partial charge is 0.504 e. The molecule has 3 aromatic rings. The maximum atomic E-state index is 12.1. The van der Waals surface area contributed by atoms with Crippen LogP contribution in [0.1, 0.15) is 0 Å². The number of aromatic hydroxyl groups is 2. The van der Waals surface area contributed by atoms with E-state index in [1.807, 2.05) is 0 Å². The van der Waals surface area contributed by atoms with Gasteiger partial charge in [0, 0.05) is 5.56 Å². The summed E-state index contributed by atoms with van der Waals surface area (Å²) in [7, 11) is 1.43. The number of methoxy groups -OCH3 is 1. The molecule has 3 rings (SSSR count). The molecule has 0 aliphatic heterocycles. The molecule has 2 N–H and O–H groups in total. The minimum absolute atomic E-state index is 0.0108. The van der Waals surface area contributed by atoms with E-state index in [9.17, 15) is 15.0 Å². The van der Waals surface area contributed by atoms with E-state index >= 15 is 0 Å². The SMILES string of the molecule is COc1ccc(-c2oc3ccccc3c(=O)c2O)cc1O. The molecule has 0 unspecified atom stereocenters. The maximum Gasteiger partial charge on any atom is 0.235 e. The molecular formula is C16H12O5. The van der Waals surface area contributed by atoms with E-state index in [2.05, 4.69) is 0 Å². The first-order chi connectivity index (χ1) is 10.1. The highest BCUT2D eigenvalue weighted by atomic mass is 16.5. The van der Waals surface area contributed by atoms with Gasteiger partial charge < -0.3 is 19.4 Å². The predicted octanol–water partition coefficient (Wildman–Crippen LogP) is 2.88. The Bertz CT molecular complexity index is 879. The zero-order valence-corrected chi connectivity index (χ0v) is 11.2. The van der Waals surface area contributed by atoms with Crippen molar-refractivity contribution >= 4 is 11.0 Å². The average molecular weight is 284 g/mol. The summed E-state index contributed by atoms with van der Waals surface area (Å²) in [4.78, 5) is 12.1. The van der Waals surface area contributed by atoms with Crippen molar-refractivity contribution in [1.82, 2.24) is 0 Å². The molecule has 0 amide bonds. The lowest BCUT2D eigenvalue weighted by Crippen LogP contribution is -2.02. The van der Waals surface area contributed by atoms with Crippen molar-refractivity contribution in [3.8, 4) is 28.6 Å². The van der Waals surface area contributed by atoms with E-state index in [1.54, 1.807) is 30.3 Å². The molecule has 5 heteroatoms. The summed E-state index contributed by atoms with van der Waals surface area (Å²) in [5.41, 5.74) is 0.237. The Morgan fingerprint density at radius 2 is 1.86 bits per heavy atom. The molecule has 0 aliphatic rings. The molecule has 106 valence electrons. The quantitative estimate of drug-likeness (QED) is 0.756. The average Bonchev–Trinajstić information content (AvgIpc) is 2.51. The molecule has 0 saturated carbocycles. The van der Waals surface area contributed by atoms with E-state index in [4.69, 9.17) is 9.15 Å². The summed E-state index contributed by atoms with van der Waals surface area (Å²) >= 11 is 0. The van der Waals surface area contributed by atoms with Gasteiger partial charge in [0.05, 0.1) is 12.5 Å². The molecule has 0 saturated heterocycles. The second-order valence-electron chi connectivity index (χ2n) is 4.49. The zero-order chi connectivity index (χ0) is 15.0. The standard InChI is InChI=1S/C16H12O5/c1-20-13-7-6-9(8-11(13)17)16-15(19)14(18)10-4-2-3-5-12(10)21-16/h2-8,17,19H,1H3. The highest BCUT2D eigenvalue weighted by molar-refractivity contribution is 5.82. The predicted molar refractivity (Wildman–Crippen MR) is 77.8 cm³/mol. The minimum atomic E-state index is -0.512. The summed E-state index contributed by atoms with van der Waals surface area (Å²) in [5.74, 6) is -0.290. The van der Waals surface area contributed by atoms with Crippen molar-refractivity contribution in [2.45, 2.75) is 0 Å². The lowest BCUT2D eigenvalue weighted by atomic mass is 10.1. The molecule has 5 nitrogen and oxygen atoms in total. The van der Waals surface area contributed by atoms with Crippen molar-refractivity contribution < 1.29 is 19.4 Å². The number of benzene rings is 2. The van der Waals surface area contributed by atoms with Crippen molar-refractivity contribution in [2.75, 3.05) is 7.11 Å². The van der Waals surface area contributed by atoms with Gasteiger partial charge in [0.2, 0.25) is 11.2 Å². The molecule has 0 fully saturated rings. The molecule has 0 aliphatic carbocycles. The van der Waals surface area contributed by atoms with Gasteiger partial charge in [-0.05, 0) is 30.3 Å². The van der Waals surface area contributed by atoms with E-state index in [0.29, 0.717) is 22.3 Å². The van der Waals surface area contributed by atoms with Crippen molar-refractivity contribution in [3.63, 3.8) is 0 Å². The van der Waals surface area contributed by atoms with Gasteiger partial charge in [-0.3, -0.25) is 4.79 Å². The van der Waals surface area contributed by atoms with Gasteiger partial charge in [0.1, 0.15) is 5.58 Å². The van der Waals surface area contributed by atoms with E-state index in [-0.39, 0.29) is 11.5 Å². The molecule has 0 atom stereocenters. The lowest BCUT2D eigenvalue weighted by molar-refractivity contribution is 0.373. The number of ether oxygens (including phenoxy) is 1. The number of hydrogen-bond donors (Lipinski definition) is 2. The van der Waals surface area contributed by atoms with Crippen LogP contribution in [0.3, 0.4) is 0 Å². The van der Waals surface area contributed by atoms with Crippen LogP contribution in [0.15, 0.2) is 51.7 Å². The van der Waals surface area contributed by atoms with Crippen molar-refractivity contribution in [3.05, 3.63) is 52.7 Å². The third kappa shape index (κ3) is 2.08. The molecule has 0 bridgehead atoms. The summed E-state index contributed by atoms with van der Waals surface area (Å²) in [6.45, 7) is 0. The molecule has 2 aromatic carbocycles. The van der Waals surface area contributed by atoms with Crippen molar-refractivity contribution in [1.29, 1.82) is 0 Å². The Labute approximate surface area is 119 Å². The van der Waals surface area contributed by atoms with E-state index in [0.717, 1.165) is 0 Å². The third-order valence-electron chi connectivity index (χ3n) is 3.21. The number of rotatable bonds is 2. The van der Waals surface area contributed by atoms with Gasteiger partial charge >= 0.3 is 0 Å². The number of hydrogen-bond acceptors (Lipinski definition) is 5. The van der Waals surface area contributed by atoms with Crippen LogP contribution in [-0.4, -0.2) is 17.3 Å². The van der Waals surface area contributed by atoms with Crippen LogP contribution < -0.4 is 10.2 Å². The smallest absolute Gasteiger partial charge is 0.235 e. The van der Waals surface area contributed by atoms with Crippen LogP contribution in [0.5, 0.6) is 17.2 Å². The van der Waals surface area contributed by atoms with Gasteiger partial charge in [0.15, 0.2) is 17.3 Å². The molecule has 0 radical (unpaired) electrons. The molecule has 0 spiro atoms. The maximum absolute atomic E-state index is 12.1. The van der Waals surface area contributed by atoms with Crippen LogP contribution in [0, 0.1) is 0 Å². The first kappa shape index (κ1) is 13.1. The Morgan fingerprint density at radius 1 is 1.10 bits per heavy atom. The van der Waals surface area contributed by atoms with Crippen molar-refractivity contribution in [2.24, 2.45) is 0 Å². The summed E-state index contributed by atoms with van der Waals surface area (Å²) in [5, 5.41) is 20.1. The van der Waals surface area contributed by atoms with Crippen LogP contribution in [-0.2, 0) is 0 Å². The van der Waals surface area contributed by atoms with Crippen LogP contribution in [0.4, 0.5) is 0 Å². The fraction of sp³-hybridized carbons (Fsp3) is 0.0625. The first-order valence-electron chi connectivity index (χ1n) is 6.24. The van der Waals surface area contributed by atoms with E-state index < -0.39 is 11.2 Å². The van der Waals surface area contributed by atoms with Crippen LogP contribution in [0.2, 0.25) is 0 Å². The lowest BCUT2D eigenvalue weighted by Gasteiger charge is -2.08. The molecule has 1 heterocycles. The Morgan fingerprint density at radius 3 is 2.57 bits per heavy atom. The molecule has 21 heavy (non-hydrogen) atoms. The number of para-hydroxylation sites is 1. The normalized spacial score (nSPS) is 10.7. The second-order valence-corrected chi connectivity index (χ2v) is 4.49. The van der Waals surface area contributed by atoms with Gasteiger partial charge in [-0.1, -0.05) is 12.1 Å².